The first-order valence-electron chi connectivity index (χ1n) is 6.98. The molecule has 0 saturated heterocycles. The van der Waals surface area contributed by atoms with E-state index in [1.807, 2.05) is 30.3 Å². The average molecular weight is 377 g/mol. The summed E-state index contributed by atoms with van der Waals surface area (Å²) in [5.41, 5.74) is 0.757. The second-order valence-electron chi connectivity index (χ2n) is 4.51. The van der Waals surface area contributed by atoms with Crippen molar-refractivity contribution in [2.75, 3.05) is 11.8 Å². The number of hydrogen-bond donors (Lipinski definition) is 1. The quantitative estimate of drug-likeness (QED) is 0.362. The molecule has 0 fully saturated rings. The third kappa shape index (κ3) is 5.23. The molecule has 2 aromatic rings. The first-order valence-corrected chi connectivity index (χ1v) is 8.69. The van der Waals surface area contributed by atoms with Crippen LogP contribution in [0, 0.1) is 5.21 Å². The monoisotopic (exact) mass is 378 g/mol. The van der Waals surface area contributed by atoms with E-state index < -0.39 is 0 Å². The molecule has 120 valence electrons. The Morgan fingerprint density at radius 3 is 2.65 bits per heavy atom. The summed E-state index contributed by atoms with van der Waals surface area (Å²) in [7, 11) is 0. The topological polar surface area (TPSA) is 72.8 Å². The van der Waals surface area contributed by atoms with E-state index in [-0.39, 0.29) is 31.8 Å². The predicted octanol–water partition coefficient (Wildman–Crippen LogP) is 2.31. The van der Waals surface area contributed by atoms with Crippen LogP contribution in [-0.2, 0) is 9.53 Å². The number of carbonyl (C=O) groups is 1. The number of nitrogens with zero attached hydrogens (tertiary/aromatic N) is 1. The summed E-state index contributed by atoms with van der Waals surface area (Å²) in [6.45, 7) is 2.05. The molecule has 1 N–H and O–H groups in total. The second-order valence-corrected chi connectivity index (χ2v) is 6.85. The Morgan fingerprint density at radius 1 is 1.26 bits per heavy atom. The summed E-state index contributed by atoms with van der Waals surface area (Å²) in [6, 6.07) is 16.1. The molecule has 0 saturated carbocycles. The van der Waals surface area contributed by atoms with Crippen molar-refractivity contribution in [2.24, 2.45) is 0 Å². The van der Waals surface area contributed by atoms with Gasteiger partial charge in [0.1, 0.15) is 0 Å². The number of ether oxygens (including phenoxy) is 1. The molecule has 23 heavy (non-hydrogen) atoms. The van der Waals surface area contributed by atoms with Gasteiger partial charge in [0.2, 0.25) is 0 Å². The van der Waals surface area contributed by atoms with Gasteiger partial charge in [-0.25, -0.2) is 0 Å². The van der Waals surface area contributed by atoms with E-state index in [4.69, 9.17) is 9.94 Å². The standard InChI is InChI=1S/C17H16NO4Se/c1-2-22-17(19)16(23-15-9-4-3-5-10-15)12-13-7-6-8-14(11-13)18(20)21/h3-12,20H,2H2,1H3/q-1/b16-12-. The first kappa shape index (κ1) is 17.2. The van der Waals surface area contributed by atoms with Crippen LogP contribution < -0.4 is 9.69 Å². The van der Waals surface area contributed by atoms with Crippen molar-refractivity contribution in [3.05, 3.63) is 69.8 Å². The van der Waals surface area contributed by atoms with Gasteiger partial charge < -0.3 is 0 Å². The van der Waals surface area contributed by atoms with E-state index in [0.29, 0.717) is 16.6 Å². The normalized spacial score (nSPS) is 11.2. The van der Waals surface area contributed by atoms with Gasteiger partial charge in [0, 0.05) is 0 Å². The fraction of sp³-hybridized carbons (Fsp3) is 0.118. The van der Waals surface area contributed by atoms with Gasteiger partial charge in [0.05, 0.1) is 0 Å². The molecule has 0 aliphatic carbocycles. The molecule has 0 aliphatic heterocycles. The summed E-state index contributed by atoms with van der Waals surface area (Å²) in [5, 5.41) is 19.8. The third-order valence-corrected chi connectivity index (χ3v) is 4.96. The number of hydrogen-bond acceptors (Lipinski definition) is 5. The molecule has 0 radical (unpaired) electrons. The minimum absolute atomic E-state index is 0.106. The Kier molecular flexibility index (Phi) is 6.38. The van der Waals surface area contributed by atoms with Gasteiger partial charge in [-0.2, -0.15) is 0 Å². The molecule has 2 aromatic carbocycles. The summed E-state index contributed by atoms with van der Waals surface area (Å²) >= 11 is -0.222. The van der Waals surface area contributed by atoms with Gasteiger partial charge >= 0.3 is 140 Å². The minimum atomic E-state index is -0.371. The number of esters is 1. The van der Waals surface area contributed by atoms with Gasteiger partial charge in [-0.3, -0.25) is 0 Å². The number of benzene rings is 2. The van der Waals surface area contributed by atoms with Crippen LogP contribution >= 0.6 is 0 Å². The predicted molar refractivity (Wildman–Crippen MR) is 90.5 cm³/mol. The third-order valence-electron chi connectivity index (χ3n) is 2.84. The van der Waals surface area contributed by atoms with Crippen LogP contribution in [0.3, 0.4) is 0 Å². The van der Waals surface area contributed by atoms with Crippen molar-refractivity contribution in [3.8, 4) is 0 Å². The fourth-order valence-electron chi connectivity index (χ4n) is 1.83. The molecule has 0 bridgehead atoms. The Bertz CT molecular complexity index is 686. The van der Waals surface area contributed by atoms with E-state index in [1.54, 1.807) is 25.1 Å². The summed E-state index contributed by atoms with van der Waals surface area (Å²) in [5.74, 6) is -0.371. The van der Waals surface area contributed by atoms with Crippen LogP contribution in [0.15, 0.2) is 59.1 Å². The van der Waals surface area contributed by atoms with Gasteiger partial charge in [-0.15, -0.1) is 0 Å². The van der Waals surface area contributed by atoms with Gasteiger partial charge in [0.15, 0.2) is 0 Å². The zero-order valence-corrected chi connectivity index (χ0v) is 14.2. The summed E-state index contributed by atoms with van der Waals surface area (Å²) in [6.07, 6.45) is 1.69. The van der Waals surface area contributed by atoms with Crippen LogP contribution in [-0.4, -0.2) is 32.7 Å². The number of anilines is 1. The van der Waals surface area contributed by atoms with Crippen molar-refractivity contribution < 1.29 is 14.7 Å². The van der Waals surface area contributed by atoms with E-state index in [0.717, 1.165) is 4.46 Å². The Balaban J connectivity index is 2.32. The van der Waals surface area contributed by atoms with E-state index in [9.17, 15) is 10.0 Å². The van der Waals surface area contributed by atoms with E-state index >= 15 is 0 Å². The molecule has 0 aromatic heterocycles. The zero-order chi connectivity index (χ0) is 16.7. The maximum atomic E-state index is 12.2. The summed E-state index contributed by atoms with van der Waals surface area (Å²) in [4.78, 5) is 12.2. The van der Waals surface area contributed by atoms with Crippen molar-refractivity contribution in [1.82, 2.24) is 0 Å². The molecule has 2 rings (SSSR count). The second kappa shape index (κ2) is 8.50. The van der Waals surface area contributed by atoms with Crippen LogP contribution in [0.5, 0.6) is 0 Å². The molecule has 0 aliphatic rings. The van der Waals surface area contributed by atoms with E-state index in [1.165, 1.54) is 12.1 Å². The molecule has 0 unspecified atom stereocenters. The van der Waals surface area contributed by atoms with Gasteiger partial charge in [-0.05, 0) is 0 Å². The van der Waals surface area contributed by atoms with Crippen molar-refractivity contribution in [3.63, 3.8) is 0 Å². The van der Waals surface area contributed by atoms with Crippen LogP contribution in [0.4, 0.5) is 5.69 Å². The number of carbonyl (C=O) groups excluding carboxylic acids is 1. The van der Waals surface area contributed by atoms with E-state index in [2.05, 4.69) is 0 Å². The molecule has 0 atom stereocenters. The van der Waals surface area contributed by atoms with Crippen molar-refractivity contribution >= 4 is 37.2 Å². The van der Waals surface area contributed by atoms with Crippen LogP contribution in [0.1, 0.15) is 12.5 Å². The molecule has 0 amide bonds. The fourth-order valence-corrected chi connectivity index (χ4v) is 3.69. The number of rotatable bonds is 6. The van der Waals surface area contributed by atoms with Gasteiger partial charge in [0.25, 0.3) is 0 Å². The Morgan fingerprint density at radius 2 is 2.00 bits per heavy atom. The maximum absolute atomic E-state index is 12.2. The Labute approximate surface area is 140 Å². The average Bonchev–Trinajstić information content (AvgIpc) is 2.55. The molecular formula is C17H16NO4Se-. The van der Waals surface area contributed by atoms with Crippen LogP contribution in [0.2, 0.25) is 0 Å². The molecule has 0 spiro atoms. The molecule has 0 heterocycles. The zero-order valence-electron chi connectivity index (χ0n) is 12.5. The summed E-state index contributed by atoms with van der Waals surface area (Å²) < 4.78 is 6.70. The first-order chi connectivity index (χ1) is 11.1. The molecular weight excluding hydrogens is 361 g/mol. The van der Waals surface area contributed by atoms with Crippen molar-refractivity contribution in [1.29, 1.82) is 0 Å². The van der Waals surface area contributed by atoms with Crippen LogP contribution in [0.25, 0.3) is 6.08 Å². The SMILES string of the molecule is CCOC(=O)/C(=C/c1cccc(N([O-])O)c1)[Se]c1ccccc1. The van der Waals surface area contributed by atoms with Gasteiger partial charge in [-0.1, -0.05) is 0 Å². The molecule has 5 nitrogen and oxygen atoms in total. The molecule has 6 heteroatoms. The Hall–Kier alpha value is -2.11. The van der Waals surface area contributed by atoms with Crippen molar-refractivity contribution in [2.45, 2.75) is 6.92 Å².